The Bertz CT molecular complexity index is 2530. The molecule has 0 saturated carbocycles. The number of thiophene rings is 2. The maximum absolute atomic E-state index is 11.2. The van der Waals surface area contributed by atoms with Crippen LogP contribution in [0.3, 0.4) is 0 Å². The van der Waals surface area contributed by atoms with Crippen LogP contribution in [0.25, 0.3) is 32.5 Å². The maximum atomic E-state index is 11.2. The Kier molecular flexibility index (Phi) is 18.9. The highest BCUT2D eigenvalue weighted by molar-refractivity contribution is 14.1. The number of carbonyl (C=O) groups is 2. The molecule has 6 aromatic rings. The van der Waals surface area contributed by atoms with Crippen LogP contribution >= 0.6 is 45.3 Å². The van der Waals surface area contributed by atoms with Crippen molar-refractivity contribution in [1.82, 2.24) is 29.1 Å². The van der Waals surface area contributed by atoms with Crippen molar-refractivity contribution in [3.05, 3.63) is 62.6 Å². The van der Waals surface area contributed by atoms with Crippen molar-refractivity contribution >= 4 is 103 Å². The highest BCUT2D eigenvalue weighted by Gasteiger charge is 2.54. The average Bonchev–Trinajstić information content (AvgIpc) is 4.05. The van der Waals surface area contributed by atoms with Crippen molar-refractivity contribution in [1.29, 1.82) is 0 Å². The monoisotopic (exact) mass is 1050 g/mol. The number of aromatic carboxylic acids is 2. The average molecular weight is 1050 g/mol. The molecule has 352 valence electrons. The quantitative estimate of drug-likeness (QED) is 0.0763. The van der Waals surface area contributed by atoms with Crippen LogP contribution in [-0.4, -0.2) is 148 Å². The molecule has 2 aliphatic rings. The van der Waals surface area contributed by atoms with Gasteiger partial charge in [-0.05, 0) is 54.6 Å². The van der Waals surface area contributed by atoms with E-state index in [0.717, 1.165) is 26.2 Å². The van der Waals surface area contributed by atoms with Gasteiger partial charge in [-0.2, -0.15) is 0 Å². The molecule has 2 saturated heterocycles. The maximum Gasteiger partial charge on any atom is 0.499 e. The topological polar surface area (TPSA) is 368 Å². The van der Waals surface area contributed by atoms with E-state index in [0.29, 0.717) is 38.3 Å². The van der Waals surface area contributed by atoms with Crippen molar-refractivity contribution in [3.63, 3.8) is 0 Å². The number of nitrogen functional groups attached to an aromatic ring is 2. The number of nitrogens with two attached hydrogens (primary N) is 2. The van der Waals surface area contributed by atoms with E-state index in [9.17, 15) is 45.3 Å². The second kappa shape index (κ2) is 21.7. The zero-order chi connectivity index (χ0) is 44.0. The van der Waals surface area contributed by atoms with E-state index >= 15 is 0 Å². The van der Waals surface area contributed by atoms with E-state index in [2.05, 4.69) is 42.5 Å². The number of nitrogens with zero attached hydrogens (tertiary/aromatic N) is 6. The van der Waals surface area contributed by atoms with E-state index in [-0.39, 0.29) is 56.7 Å². The second-order valence-electron chi connectivity index (χ2n) is 13.9. The fourth-order valence-corrected chi connectivity index (χ4v) is 9.10. The lowest BCUT2D eigenvalue weighted by Crippen LogP contribution is -2.44. The molecule has 64 heavy (non-hydrogen) atoms. The van der Waals surface area contributed by atoms with Gasteiger partial charge in [0.2, 0.25) is 0 Å². The largest absolute Gasteiger partial charge is 0.499 e. The van der Waals surface area contributed by atoms with Crippen molar-refractivity contribution in [2.75, 3.05) is 24.7 Å². The number of aliphatic hydroxyl groups is 6. The van der Waals surface area contributed by atoms with Gasteiger partial charge >= 0.3 is 19.1 Å². The smallest absolute Gasteiger partial charge is 0.477 e. The molecule has 8 atom stereocenters. The molecule has 22 nitrogen and oxygen atoms in total. The molecule has 2 aliphatic heterocycles. The van der Waals surface area contributed by atoms with Crippen LogP contribution in [0.1, 0.15) is 75.4 Å². The summed E-state index contributed by atoms with van der Waals surface area (Å²) in [5, 5.41) is 96.3. The molecule has 0 bridgehead atoms. The minimum atomic E-state index is -1.71. The Balaban J connectivity index is 0.000000347. The SMILES string of the molecule is C.C.C.C.C[C@@]1(O)C(O)C(CO)O[C@H]1n1cc(-c2ccc(C(=O)O)s2)c2c(N)ncnc21.C[C@@]1(O)C(O)C(CO)O[C@H]1n1cc(I)c2c(N)ncnc21.O=C(O)c1ccc(B(O)O)s1. The molecule has 14 N–H and O–H groups in total. The summed E-state index contributed by atoms with van der Waals surface area (Å²) in [4.78, 5) is 38.8. The standard InChI is InChI=1S/C17H18N4O6S.C12H15IN4O4.C5H5BO4S.4CH4/c1-17(26)12(23)8(5-22)27-16(17)21-4-7(9-2-3-10(28-9)15(24)25)11-13(18)19-6-20-14(11)21;1-12(20)8(19)6(3-18)21-11(12)17-2-5(13)7-9(14)15-4-16-10(7)17;7-5(8)3-1-2-4(11-3)6(9)10;;;;/h2-4,6,8,12,16,22-23,26H,5H2,1H3,(H,24,25)(H2,18,19,20);2,4,6,8,11,18-20H,3H2,1H3,(H2,14,15,16);1-2,9-10H,(H,7,8);4*1H4/t8?,12?,16-,17-;6?,8?,11-,12-;;;;;/m11...../s1. The third kappa shape index (κ3) is 10.3. The summed E-state index contributed by atoms with van der Waals surface area (Å²) in [5.41, 5.74) is 10.1. The first kappa shape index (κ1) is 55.7. The first-order chi connectivity index (χ1) is 28.2. The van der Waals surface area contributed by atoms with Crippen molar-refractivity contribution in [2.45, 2.75) is 91.6 Å². The van der Waals surface area contributed by atoms with Crippen molar-refractivity contribution in [2.24, 2.45) is 0 Å². The summed E-state index contributed by atoms with van der Waals surface area (Å²) < 4.78 is 15.4. The van der Waals surface area contributed by atoms with Gasteiger partial charge in [-0.1, -0.05) is 35.8 Å². The molecule has 0 radical (unpaired) electrons. The highest BCUT2D eigenvalue weighted by Crippen LogP contribution is 2.44. The number of hydrogen-bond acceptors (Lipinski definition) is 20. The van der Waals surface area contributed by atoms with Gasteiger partial charge in [-0.15, -0.1) is 22.7 Å². The number of ether oxygens (including phenoxy) is 2. The summed E-state index contributed by atoms with van der Waals surface area (Å²) in [6.45, 7) is 2.01. The third-order valence-corrected chi connectivity index (χ3v) is 12.8. The van der Waals surface area contributed by atoms with Crippen LogP contribution in [0.5, 0.6) is 0 Å². The number of halogens is 1. The molecule has 0 aliphatic carbocycles. The number of aliphatic hydroxyl groups excluding tert-OH is 4. The fraction of sp³-hybridized carbons (Fsp3) is 0.421. The first-order valence-electron chi connectivity index (χ1n) is 17.5. The predicted molar refractivity (Wildman–Crippen MR) is 250 cm³/mol. The minimum Gasteiger partial charge on any atom is -0.477 e. The molecule has 0 aromatic carbocycles. The lowest BCUT2D eigenvalue weighted by atomic mass is 9.90. The molecule has 0 spiro atoms. The lowest BCUT2D eigenvalue weighted by molar-refractivity contribution is -0.0948. The molecule has 26 heteroatoms. The van der Waals surface area contributed by atoms with Crippen molar-refractivity contribution < 1.29 is 70.0 Å². The number of aromatic nitrogens is 6. The summed E-state index contributed by atoms with van der Waals surface area (Å²) in [5.74, 6) is -1.58. The number of fused-ring (bicyclic) bond motifs is 2. The van der Waals surface area contributed by atoms with E-state index in [1.165, 1.54) is 49.3 Å². The van der Waals surface area contributed by atoms with Gasteiger partial charge in [0.25, 0.3) is 0 Å². The molecule has 0 amide bonds. The predicted octanol–water partition coefficient (Wildman–Crippen LogP) is 1.73. The molecule has 6 aromatic heterocycles. The Morgan fingerprint density at radius 1 is 0.750 bits per heavy atom. The number of anilines is 2. The fourth-order valence-electron chi connectivity index (χ4n) is 6.70. The van der Waals surface area contributed by atoms with Gasteiger partial charge in [0, 0.05) is 31.2 Å². The van der Waals surface area contributed by atoms with Gasteiger partial charge in [0.1, 0.15) is 81.0 Å². The van der Waals surface area contributed by atoms with Gasteiger partial charge in [-0.25, -0.2) is 29.5 Å². The Morgan fingerprint density at radius 3 is 1.59 bits per heavy atom. The van der Waals surface area contributed by atoms with Gasteiger partial charge in [0.05, 0.1) is 24.0 Å². The van der Waals surface area contributed by atoms with E-state index < -0.39 is 73.7 Å². The molecule has 8 heterocycles. The van der Waals surface area contributed by atoms with Gasteiger partial charge < -0.3 is 81.0 Å². The summed E-state index contributed by atoms with van der Waals surface area (Å²) in [6.07, 6.45) is -0.355. The van der Waals surface area contributed by atoms with E-state index in [1.807, 2.05) is 0 Å². The number of rotatable bonds is 8. The molecule has 8 rings (SSSR count). The van der Waals surface area contributed by atoms with Crippen LogP contribution in [0, 0.1) is 3.57 Å². The Hall–Kier alpha value is -4.43. The van der Waals surface area contributed by atoms with Crippen LogP contribution < -0.4 is 16.2 Å². The first-order valence-corrected chi connectivity index (χ1v) is 20.2. The van der Waals surface area contributed by atoms with E-state index in [4.69, 9.17) is 36.1 Å². The van der Waals surface area contributed by atoms with Gasteiger partial charge in [0.15, 0.2) is 12.5 Å². The third-order valence-electron chi connectivity index (χ3n) is 9.78. The normalized spacial score (nSPS) is 24.5. The van der Waals surface area contributed by atoms with Crippen molar-refractivity contribution in [3.8, 4) is 10.4 Å². The molecule has 4 unspecified atom stereocenters. The zero-order valence-electron chi connectivity index (χ0n) is 31.2. The molecular formula is C38H54BIN8O14S2. The van der Waals surface area contributed by atoms with Crippen LogP contribution in [0.15, 0.2) is 49.3 Å². The van der Waals surface area contributed by atoms with Gasteiger partial charge in [-0.3, -0.25) is 0 Å². The summed E-state index contributed by atoms with van der Waals surface area (Å²) in [6, 6.07) is 5.85. The van der Waals surface area contributed by atoms with E-state index in [1.54, 1.807) is 23.0 Å². The highest BCUT2D eigenvalue weighted by atomic mass is 127. The van der Waals surface area contributed by atoms with Crippen LogP contribution in [0.4, 0.5) is 11.6 Å². The lowest BCUT2D eigenvalue weighted by Gasteiger charge is -2.27. The van der Waals surface area contributed by atoms with Crippen LogP contribution in [0.2, 0.25) is 0 Å². The minimum absolute atomic E-state index is 0. The second-order valence-corrected chi connectivity index (χ2v) is 17.2. The van der Waals surface area contributed by atoms with Crippen LogP contribution in [-0.2, 0) is 9.47 Å². The Labute approximate surface area is 389 Å². The zero-order valence-corrected chi connectivity index (χ0v) is 35.0. The number of carboxylic acids is 2. The number of carboxylic acid groups (broad SMARTS) is 2. The Morgan fingerprint density at radius 2 is 1.19 bits per heavy atom. The molecule has 2 fully saturated rings. The number of hydrogen-bond donors (Lipinski definition) is 12. The summed E-state index contributed by atoms with van der Waals surface area (Å²) >= 11 is 4.00. The summed E-state index contributed by atoms with van der Waals surface area (Å²) in [7, 11) is -1.58. The molecular weight excluding hydrogens is 994 g/mol.